The molecular weight excluding hydrogens is 226 g/mol. The molecule has 17 heavy (non-hydrogen) atoms. The van der Waals surface area contributed by atoms with E-state index in [2.05, 4.69) is 4.74 Å². The molecule has 1 atom stereocenters. The van der Waals surface area contributed by atoms with E-state index in [1.54, 1.807) is 27.7 Å². The average Bonchev–Trinajstić information content (AvgIpc) is 2.15. The molecule has 0 rings (SSSR count). The number of hydrogen-bond acceptors (Lipinski definition) is 6. The van der Waals surface area contributed by atoms with Gasteiger partial charge < -0.3 is 19.9 Å². The van der Waals surface area contributed by atoms with E-state index in [0.717, 1.165) is 0 Å². The SMILES string of the molecule is CCOC(=O)COCC(N)C(=O)OC(C)(C)C. The van der Waals surface area contributed by atoms with E-state index >= 15 is 0 Å². The first kappa shape index (κ1) is 15.9. The third-order valence-corrected chi connectivity index (χ3v) is 1.53. The number of hydrogen-bond donors (Lipinski definition) is 1. The van der Waals surface area contributed by atoms with Crippen molar-refractivity contribution in [3.05, 3.63) is 0 Å². The van der Waals surface area contributed by atoms with E-state index in [9.17, 15) is 9.59 Å². The highest BCUT2D eigenvalue weighted by Crippen LogP contribution is 2.07. The van der Waals surface area contributed by atoms with Crippen molar-refractivity contribution in [1.29, 1.82) is 0 Å². The van der Waals surface area contributed by atoms with Crippen molar-refractivity contribution in [3.8, 4) is 0 Å². The van der Waals surface area contributed by atoms with E-state index in [4.69, 9.17) is 15.2 Å². The highest BCUT2D eigenvalue weighted by Gasteiger charge is 2.22. The molecule has 0 amide bonds. The lowest BCUT2D eigenvalue weighted by Gasteiger charge is -2.22. The summed E-state index contributed by atoms with van der Waals surface area (Å²) >= 11 is 0. The van der Waals surface area contributed by atoms with Crippen molar-refractivity contribution in [1.82, 2.24) is 0 Å². The molecule has 0 radical (unpaired) electrons. The van der Waals surface area contributed by atoms with Crippen molar-refractivity contribution in [2.75, 3.05) is 19.8 Å². The zero-order valence-electron chi connectivity index (χ0n) is 10.8. The molecule has 0 saturated heterocycles. The Morgan fingerprint density at radius 1 is 1.29 bits per heavy atom. The lowest BCUT2D eigenvalue weighted by Crippen LogP contribution is -2.40. The van der Waals surface area contributed by atoms with Crippen molar-refractivity contribution in [2.45, 2.75) is 39.3 Å². The molecule has 0 aromatic rings. The van der Waals surface area contributed by atoms with Crippen molar-refractivity contribution < 1.29 is 23.8 Å². The van der Waals surface area contributed by atoms with Gasteiger partial charge in [-0.05, 0) is 27.7 Å². The van der Waals surface area contributed by atoms with E-state index < -0.39 is 23.6 Å². The summed E-state index contributed by atoms with van der Waals surface area (Å²) < 4.78 is 14.6. The van der Waals surface area contributed by atoms with Gasteiger partial charge in [0.15, 0.2) is 0 Å². The van der Waals surface area contributed by atoms with E-state index in [1.165, 1.54) is 0 Å². The Labute approximate surface area is 101 Å². The van der Waals surface area contributed by atoms with E-state index in [1.807, 2.05) is 0 Å². The smallest absolute Gasteiger partial charge is 0.332 e. The van der Waals surface area contributed by atoms with Crippen molar-refractivity contribution in [2.24, 2.45) is 5.73 Å². The summed E-state index contributed by atoms with van der Waals surface area (Å²) in [5.74, 6) is -1.04. The van der Waals surface area contributed by atoms with Gasteiger partial charge >= 0.3 is 11.9 Å². The standard InChI is InChI=1S/C11H21NO5/c1-5-16-9(13)7-15-6-8(12)10(14)17-11(2,3)4/h8H,5-7,12H2,1-4H3. The number of esters is 2. The molecule has 100 valence electrons. The molecule has 0 fully saturated rings. The molecule has 6 nitrogen and oxygen atoms in total. The maximum Gasteiger partial charge on any atom is 0.332 e. The molecule has 0 aliphatic carbocycles. The van der Waals surface area contributed by atoms with Gasteiger partial charge in [-0.1, -0.05) is 0 Å². The van der Waals surface area contributed by atoms with Crippen LogP contribution in [-0.4, -0.2) is 43.4 Å². The Hall–Kier alpha value is -1.14. The lowest BCUT2D eigenvalue weighted by molar-refractivity contribution is -0.160. The van der Waals surface area contributed by atoms with Crippen LogP contribution in [0.2, 0.25) is 0 Å². The Morgan fingerprint density at radius 3 is 2.35 bits per heavy atom. The van der Waals surface area contributed by atoms with Gasteiger partial charge in [-0.25, -0.2) is 4.79 Å². The van der Waals surface area contributed by atoms with Gasteiger partial charge in [0, 0.05) is 0 Å². The van der Waals surface area contributed by atoms with Gasteiger partial charge in [0.1, 0.15) is 18.2 Å². The molecule has 0 aromatic heterocycles. The minimum absolute atomic E-state index is 0.0757. The second kappa shape index (κ2) is 7.24. The fourth-order valence-electron chi connectivity index (χ4n) is 0.917. The molecule has 0 aliphatic heterocycles. The molecule has 0 saturated carbocycles. The molecule has 0 spiro atoms. The first-order valence-electron chi connectivity index (χ1n) is 5.48. The fourth-order valence-corrected chi connectivity index (χ4v) is 0.917. The number of rotatable bonds is 6. The Morgan fingerprint density at radius 2 is 1.88 bits per heavy atom. The summed E-state index contributed by atoms with van der Waals surface area (Å²) in [5, 5.41) is 0. The zero-order chi connectivity index (χ0) is 13.5. The normalized spacial score (nSPS) is 13.0. The molecule has 1 unspecified atom stereocenters. The Kier molecular flexibility index (Phi) is 6.75. The summed E-state index contributed by atoms with van der Waals surface area (Å²) in [5.41, 5.74) is 4.95. The van der Waals surface area contributed by atoms with Crippen LogP contribution in [-0.2, 0) is 23.8 Å². The number of nitrogens with two attached hydrogens (primary N) is 1. The lowest BCUT2D eigenvalue weighted by atomic mass is 10.2. The van der Waals surface area contributed by atoms with Gasteiger partial charge in [-0.15, -0.1) is 0 Å². The topological polar surface area (TPSA) is 87.9 Å². The van der Waals surface area contributed by atoms with Gasteiger partial charge in [0.25, 0.3) is 0 Å². The van der Waals surface area contributed by atoms with Crippen LogP contribution in [0.4, 0.5) is 0 Å². The first-order chi connectivity index (χ1) is 7.76. The van der Waals surface area contributed by atoms with Crippen LogP contribution < -0.4 is 5.73 Å². The van der Waals surface area contributed by atoms with E-state index in [0.29, 0.717) is 6.61 Å². The minimum atomic E-state index is -0.899. The average molecular weight is 247 g/mol. The molecule has 6 heteroatoms. The second-order valence-electron chi connectivity index (χ2n) is 4.46. The van der Waals surface area contributed by atoms with Crippen LogP contribution >= 0.6 is 0 Å². The molecule has 0 aliphatic rings. The molecule has 0 aromatic carbocycles. The highest BCUT2D eigenvalue weighted by atomic mass is 16.6. The predicted octanol–water partition coefficient (Wildman–Crippen LogP) is 0.235. The summed E-state index contributed by atoms with van der Waals surface area (Å²) in [6.45, 7) is 6.94. The molecule has 0 bridgehead atoms. The maximum absolute atomic E-state index is 11.4. The molecule has 0 heterocycles. The van der Waals surface area contributed by atoms with Crippen LogP contribution in [0.25, 0.3) is 0 Å². The molecule has 2 N–H and O–H groups in total. The van der Waals surface area contributed by atoms with Gasteiger partial charge in [0.05, 0.1) is 13.2 Å². The quantitative estimate of drug-likeness (QED) is 0.676. The molecular formula is C11H21NO5. The van der Waals surface area contributed by atoms with Crippen LogP contribution in [0.1, 0.15) is 27.7 Å². The minimum Gasteiger partial charge on any atom is -0.464 e. The monoisotopic (exact) mass is 247 g/mol. The summed E-state index contributed by atoms with van der Waals surface area (Å²) in [6.07, 6.45) is 0. The third kappa shape index (κ3) is 8.65. The van der Waals surface area contributed by atoms with E-state index in [-0.39, 0.29) is 13.2 Å². The van der Waals surface area contributed by atoms with Crippen LogP contribution in [0.3, 0.4) is 0 Å². The van der Waals surface area contributed by atoms with Gasteiger partial charge in [0.2, 0.25) is 0 Å². The Balaban J connectivity index is 3.82. The number of ether oxygens (including phenoxy) is 3. The van der Waals surface area contributed by atoms with Crippen LogP contribution in [0, 0.1) is 0 Å². The summed E-state index contributed by atoms with van der Waals surface area (Å²) in [4.78, 5) is 22.3. The third-order valence-electron chi connectivity index (χ3n) is 1.53. The number of carbonyl (C=O) groups is 2. The van der Waals surface area contributed by atoms with Gasteiger partial charge in [-0.2, -0.15) is 0 Å². The zero-order valence-corrected chi connectivity index (χ0v) is 10.8. The van der Waals surface area contributed by atoms with Crippen LogP contribution in [0.15, 0.2) is 0 Å². The maximum atomic E-state index is 11.4. The highest BCUT2D eigenvalue weighted by molar-refractivity contribution is 5.76. The predicted molar refractivity (Wildman–Crippen MR) is 61.3 cm³/mol. The largest absolute Gasteiger partial charge is 0.464 e. The summed E-state index contributed by atoms with van der Waals surface area (Å²) in [7, 11) is 0. The Bertz CT molecular complexity index is 259. The second-order valence-corrected chi connectivity index (χ2v) is 4.46. The first-order valence-corrected chi connectivity index (χ1v) is 5.48. The van der Waals surface area contributed by atoms with Crippen molar-refractivity contribution >= 4 is 11.9 Å². The number of carbonyl (C=O) groups excluding carboxylic acids is 2. The van der Waals surface area contributed by atoms with Crippen LogP contribution in [0.5, 0.6) is 0 Å². The fraction of sp³-hybridized carbons (Fsp3) is 0.818. The summed E-state index contributed by atoms with van der Waals surface area (Å²) in [6, 6.07) is -0.899. The van der Waals surface area contributed by atoms with Gasteiger partial charge in [-0.3, -0.25) is 4.79 Å². The van der Waals surface area contributed by atoms with Crippen molar-refractivity contribution in [3.63, 3.8) is 0 Å².